The summed E-state index contributed by atoms with van der Waals surface area (Å²) in [6.45, 7) is 4.54. The van der Waals surface area contributed by atoms with Gasteiger partial charge in [0.05, 0.1) is 10.7 Å². The normalized spacial score (nSPS) is 15.6. The number of rotatable bonds is 8. The maximum absolute atomic E-state index is 13.5. The smallest absolute Gasteiger partial charge is 0.332 e. The van der Waals surface area contributed by atoms with E-state index in [1.807, 2.05) is 38.1 Å². The van der Waals surface area contributed by atoms with Gasteiger partial charge < -0.3 is 5.32 Å². The van der Waals surface area contributed by atoms with Gasteiger partial charge in [-0.1, -0.05) is 37.7 Å². The highest BCUT2D eigenvalue weighted by molar-refractivity contribution is 8.03. The molecule has 2 aromatic carbocycles. The highest BCUT2D eigenvalue weighted by atomic mass is 32.2. The number of urea groups is 1. The van der Waals surface area contributed by atoms with Gasteiger partial charge >= 0.3 is 6.03 Å². The number of benzene rings is 2. The van der Waals surface area contributed by atoms with Crippen LogP contribution in [0.4, 0.5) is 9.18 Å². The molecule has 0 spiro atoms. The lowest BCUT2D eigenvalue weighted by Crippen LogP contribution is -2.56. The molecule has 0 saturated carbocycles. The average molecular weight is 508 g/mol. The van der Waals surface area contributed by atoms with E-state index in [0.29, 0.717) is 23.0 Å². The van der Waals surface area contributed by atoms with Crippen LogP contribution in [0.5, 0.6) is 0 Å². The number of nitrogens with one attached hydrogen (secondary N) is 2. The number of carbonyl (C=O) groups excluding carboxylic acids is 2. The lowest BCUT2D eigenvalue weighted by atomic mass is 10.1. The molecule has 2 heterocycles. The predicted octanol–water partition coefficient (Wildman–Crippen LogP) is 4.03. The van der Waals surface area contributed by atoms with Gasteiger partial charge in [0.15, 0.2) is 0 Å². The Kier molecular flexibility index (Phi) is 7.49. The largest absolute Gasteiger partial charge is 0.375 e. The molecule has 0 aliphatic carbocycles. The maximum atomic E-state index is 13.5. The molecule has 11 heteroatoms. The summed E-state index contributed by atoms with van der Waals surface area (Å²) < 4.78 is 15.1. The van der Waals surface area contributed by atoms with Crippen LogP contribution in [-0.2, 0) is 11.3 Å². The molecule has 0 radical (unpaired) electrons. The molecule has 1 aliphatic heterocycles. The lowest BCUT2D eigenvalue weighted by Gasteiger charge is -2.35. The van der Waals surface area contributed by atoms with Crippen molar-refractivity contribution in [3.63, 3.8) is 0 Å². The number of likely N-dealkylation sites (N-methyl/N-ethyl adjacent to an activating group) is 1. The highest BCUT2D eigenvalue weighted by Gasteiger charge is 2.40. The molecular weight excluding hydrogens is 481 g/mol. The van der Waals surface area contributed by atoms with E-state index in [0.717, 1.165) is 16.2 Å². The number of nitrogens with zero attached hydrogens (tertiary/aromatic N) is 5. The molecule has 0 unspecified atom stereocenters. The van der Waals surface area contributed by atoms with Crippen LogP contribution < -0.4 is 5.32 Å². The summed E-state index contributed by atoms with van der Waals surface area (Å²) in [7, 11) is 1.41. The fraction of sp³-hybridized carbons (Fsp3) is 0.240. The number of amidine groups is 1. The van der Waals surface area contributed by atoms with Gasteiger partial charge in [0.1, 0.15) is 29.9 Å². The number of hydrogen-bond acceptors (Lipinski definition) is 7. The van der Waals surface area contributed by atoms with E-state index in [2.05, 4.69) is 15.4 Å². The van der Waals surface area contributed by atoms with E-state index >= 15 is 0 Å². The Morgan fingerprint density at radius 3 is 2.42 bits per heavy atom. The number of halogens is 1. The number of thioether (sulfide) groups is 1. The van der Waals surface area contributed by atoms with E-state index in [9.17, 15) is 14.0 Å². The third-order valence-corrected chi connectivity index (χ3v) is 6.48. The average Bonchev–Trinajstić information content (AvgIpc) is 3.40. The quantitative estimate of drug-likeness (QED) is 0.352. The zero-order valence-electron chi connectivity index (χ0n) is 20.1. The lowest BCUT2D eigenvalue weighted by molar-refractivity contribution is -0.123. The third-order valence-electron chi connectivity index (χ3n) is 5.42. The summed E-state index contributed by atoms with van der Waals surface area (Å²) in [5, 5.41) is 16.5. The third kappa shape index (κ3) is 5.46. The second-order valence-corrected chi connectivity index (χ2v) is 9.70. The summed E-state index contributed by atoms with van der Waals surface area (Å²) in [6.07, 6.45) is 3.07. The molecule has 3 aromatic rings. The summed E-state index contributed by atoms with van der Waals surface area (Å²) in [5.74, 6) is -0.996. The fourth-order valence-electron chi connectivity index (χ4n) is 3.59. The summed E-state index contributed by atoms with van der Waals surface area (Å²) in [4.78, 5) is 32.9. The first-order chi connectivity index (χ1) is 17.2. The van der Waals surface area contributed by atoms with Crippen LogP contribution >= 0.6 is 11.8 Å². The molecule has 3 amide bonds. The molecule has 36 heavy (non-hydrogen) atoms. The monoisotopic (exact) mass is 507 g/mol. The number of hydrogen-bond donors (Lipinski definition) is 2. The van der Waals surface area contributed by atoms with Gasteiger partial charge in [-0.25, -0.2) is 18.9 Å². The SMILES string of the molecule is CC(C)CN1C(=N)/C(=C(\NCc2ccc(-n3cncn3)cc2)Sc2ccc(F)cc2)C(=O)N(C)C1=O. The van der Waals surface area contributed by atoms with E-state index in [-0.39, 0.29) is 23.1 Å². The second-order valence-electron chi connectivity index (χ2n) is 8.62. The first-order valence-electron chi connectivity index (χ1n) is 11.3. The summed E-state index contributed by atoms with van der Waals surface area (Å²) >= 11 is 1.21. The van der Waals surface area contributed by atoms with Gasteiger partial charge in [-0.2, -0.15) is 5.10 Å². The van der Waals surface area contributed by atoms with Crippen LogP contribution in [0.25, 0.3) is 5.69 Å². The van der Waals surface area contributed by atoms with Crippen LogP contribution in [0.2, 0.25) is 0 Å². The Hall–Kier alpha value is -3.99. The number of carbonyl (C=O) groups is 2. The van der Waals surface area contributed by atoms with Crippen molar-refractivity contribution in [1.29, 1.82) is 5.41 Å². The van der Waals surface area contributed by atoms with Crippen molar-refractivity contribution >= 4 is 29.5 Å². The topological polar surface area (TPSA) is 107 Å². The van der Waals surface area contributed by atoms with Crippen molar-refractivity contribution in [2.75, 3.05) is 13.6 Å². The number of amides is 3. The van der Waals surface area contributed by atoms with Crippen LogP contribution in [0.3, 0.4) is 0 Å². The molecule has 0 atom stereocenters. The summed E-state index contributed by atoms with van der Waals surface area (Å²) in [5.41, 5.74) is 1.87. The van der Waals surface area contributed by atoms with Crippen LogP contribution in [0.1, 0.15) is 19.4 Å². The molecular formula is C25H26FN7O2S. The Labute approximate surface area is 212 Å². The first-order valence-corrected chi connectivity index (χ1v) is 12.1. The molecule has 2 N–H and O–H groups in total. The second kappa shape index (κ2) is 10.7. The molecule has 0 bridgehead atoms. The van der Waals surface area contributed by atoms with Crippen LogP contribution in [-0.4, -0.2) is 55.9 Å². The van der Waals surface area contributed by atoms with Gasteiger partial charge in [0.25, 0.3) is 5.91 Å². The Morgan fingerprint density at radius 1 is 1.11 bits per heavy atom. The van der Waals surface area contributed by atoms with Gasteiger partial charge in [0, 0.05) is 25.0 Å². The van der Waals surface area contributed by atoms with Gasteiger partial charge in [-0.05, 0) is 47.9 Å². The van der Waals surface area contributed by atoms with Crippen LogP contribution in [0.15, 0.2) is 76.7 Å². The highest BCUT2D eigenvalue weighted by Crippen LogP contribution is 2.31. The molecule has 4 rings (SSSR count). The predicted molar refractivity (Wildman–Crippen MR) is 135 cm³/mol. The standard InChI is InChI=1S/C25H26FN7O2S/c1-16(2)13-32-22(27)21(24(34)31(3)25(32)35)23(36-20-10-6-18(26)7-11-20)29-12-17-4-8-19(9-5-17)33-15-28-14-30-33/h4-11,14-16,27,29H,12-13H2,1-3H3/b23-21-,27-22?. The van der Waals surface area contributed by atoms with E-state index in [1.54, 1.807) is 23.1 Å². The van der Waals surface area contributed by atoms with Crippen LogP contribution in [0, 0.1) is 17.1 Å². The maximum Gasteiger partial charge on any atom is 0.332 e. The zero-order valence-corrected chi connectivity index (χ0v) is 20.9. The Bertz CT molecular complexity index is 1290. The van der Waals surface area contributed by atoms with Crippen molar-refractivity contribution in [2.45, 2.75) is 25.3 Å². The Morgan fingerprint density at radius 2 is 1.81 bits per heavy atom. The number of imide groups is 1. The van der Waals surface area contributed by atoms with Crippen molar-refractivity contribution < 1.29 is 14.0 Å². The zero-order chi connectivity index (χ0) is 25.8. The van der Waals surface area contributed by atoms with E-state index < -0.39 is 11.9 Å². The van der Waals surface area contributed by atoms with Crippen molar-refractivity contribution in [3.05, 3.63) is 83.2 Å². The van der Waals surface area contributed by atoms with Crippen molar-refractivity contribution in [1.82, 2.24) is 29.9 Å². The van der Waals surface area contributed by atoms with Crippen molar-refractivity contribution in [3.8, 4) is 5.69 Å². The van der Waals surface area contributed by atoms with Gasteiger partial charge in [-0.3, -0.25) is 20.0 Å². The molecule has 186 valence electrons. The van der Waals surface area contributed by atoms with Gasteiger partial charge in [0.2, 0.25) is 0 Å². The van der Waals surface area contributed by atoms with Crippen molar-refractivity contribution in [2.24, 2.45) is 5.92 Å². The molecule has 1 saturated heterocycles. The van der Waals surface area contributed by atoms with Gasteiger partial charge in [-0.15, -0.1) is 0 Å². The molecule has 1 aromatic heterocycles. The minimum atomic E-state index is -0.566. The molecule has 1 aliphatic rings. The van der Waals surface area contributed by atoms with E-state index in [4.69, 9.17) is 5.41 Å². The Balaban J connectivity index is 1.66. The first kappa shape index (κ1) is 25.1. The van der Waals surface area contributed by atoms with E-state index in [1.165, 1.54) is 42.2 Å². The minimum Gasteiger partial charge on any atom is -0.375 e. The fourth-order valence-corrected chi connectivity index (χ4v) is 4.53. The summed E-state index contributed by atoms with van der Waals surface area (Å²) in [6, 6.07) is 13.0. The molecule has 9 nitrogen and oxygen atoms in total. The number of aromatic nitrogens is 3. The molecule has 1 fully saturated rings. The minimum absolute atomic E-state index is 0.0892.